The second-order valence-electron chi connectivity index (χ2n) is 4.89. The monoisotopic (exact) mass is 313 g/mol. The van der Waals surface area contributed by atoms with Gasteiger partial charge in [0.1, 0.15) is 0 Å². The SMILES string of the molecule is Br.CC(C)(C)[Si](C)(C)O.[Mg+2].[c-]1ccccc1. The normalized spacial score (nSPS) is 10.1. The zero-order valence-corrected chi connectivity index (χ0v) is 15.1. The maximum atomic E-state index is 9.49. The number of rotatable bonds is 0. The average molecular weight is 315 g/mol. The molecule has 0 aliphatic carbocycles. The maximum absolute atomic E-state index is 9.49. The largest absolute Gasteiger partial charge is 2.00 e. The Morgan fingerprint density at radius 2 is 1.31 bits per heavy atom. The van der Waals surface area contributed by atoms with Crippen molar-refractivity contribution in [3.05, 3.63) is 36.4 Å². The van der Waals surface area contributed by atoms with Crippen molar-refractivity contribution in [3.8, 4) is 0 Å². The minimum absolute atomic E-state index is 0. The second kappa shape index (κ2) is 9.65. The van der Waals surface area contributed by atoms with Gasteiger partial charge in [0, 0.05) is 0 Å². The van der Waals surface area contributed by atoms with Crippen molar-refractivity contribution in [1.82, 2.24) is 0 Å². The standard InChI is InChI=1S/C6H16OSi.C6H5.BrH.Mg/c1-6(2,3)8(4,5)7;1-2-4-6-5-3-1;;/h7H,1-5H3;1-5H;1H;/q;-1;;+2. The average Bonchev–Trinajstić information content (AvgIpc) is 2.05. The summed E-state index contributed by atoms with van der Waals surface area (Å²) in [6.07, 6.45) is 0. The molecule has 0 radical (unpaired) electrons. The molecule has 1 aromatic carbocycles. The summed E-state index contributed by atoms with van der Waals surface area (Å²) < 4.78 is 0. The number of halogens is 1. The van der Waals surface area contributed by atoms with Gasteiger partial charge in [0.15, 0.2) is 8.32 Å². The second-order valence-corrected chi connectivity index (χ2v) is 9.50. The summed E-state index contributed by atoms with van der Waals surface area (Å²) >= 11 is 0. The van der Waals surface area contributed by atoms with Crippen molar-refractivity contribution in [3.63, 3.8) is 0 Å². The molecule has 0 saturated carbocycles. The maximum Gasteiger partial charge on any atom is 2.00 e. The quantitative estimate of drug-likeness (QED) is 0.572. The van der Waals surface area contributed by atoms with Gasteiger partial charge in [0.2, 0.25) is 0 Å². The van der Waals surface area contributed by atoms with Crippen molar-refractivity contribution < 1.29 is 4.80 Å². The van der Waals surface area contributed by atoms with E-state index in [0.29, 0.717) is 0 Å². The van der Waals surface area contributed by atoms with Gasteiger partial charge in [-0.1, -0.05) is 20.8 Å². The molecular formula is C12H22BrMgOSi+. The summed E-state index contributed by atoms with van der Waals surface area (Å²) in [5.74, 6) is 0. The van der Waals surface area contributed by atoms with Crippen LogP contribution in [-0.2, 0) is 0 Å². The molecule has 16 heavy (non-hydrogen) atoms. The zero-order chi connectivity index (χ0) is 11.2. The van der Waals surface area contributed by atoms with Gasteiger partial charge in [0.05, 0.1) is 0 Å². The zero-order valence-electron chi connectivity index (χ0n) is 10.9. The Bertz CT molecular complexity index is 203. The van der Waals surface area contributed by atoms with Crippen LogP contribution in [0.4, 0.5) is 0 Å². The fourth-order valence-electron chi connectivity index (χ4n) is 0.342. The van der Waals surface area contributed by atoms with E-state index in [2.05, 4.69) is 26.8 Å². The van der Waals surface area contributed by atoms with Gasteiger partial charge < -0.3 is 4.80 Å². The summed E-state index contributed by atoms with van der Waals surface area (Å²) in [6.45, 7) is 10.2. The summed E-state index contributed by atoms with van der Waals surface area (Å²) in [5.41, 5.74) is 0. The predicted octanol–water partition coefficient (Wildman–Crippen LogP) is 3.67. The Morgan fingerprint density at radius 3 is 1.38 bits per heavy atom. The van der Waals surface area contributed by atoms with Gasteiger partial charge in [-0.05, 0) is 18.1 Å². The third-order valence-corrected chi connectivity index (χ3v) is 6.11. The van der Waals surface area contributed by atoms with E-state index in [1.807, 2.05) is 43.4 Å². The van der Waals surface area contributed by atoms with Crippen molar-refractivity contribution in [2.45, 2.75) is 38.9 Å². The molecule has 0 amide bonds. The first-order chi connectivity index (χ1) is 6.25. The van der Waals surface area contributed by atoms with Crippen LogP contribution in [-0.4, -0.2) is 36.2 Å². The number of benzene rings is 1. The summed E-state index contributed by atoms with van der Waals surface area (Å²) in [6, 6.07) is 12.5. The molecule has 0 aromatic heterocycles. The van der Waals surface area contributed by atoms with Gasteiger partial charge in [-0.25, -0.2) is 0 Å². The molecule has 0 heterocycles. The Labute approximate surface area is 128 Å². The van der Waals surface area contributed by atoms with E-state index in [4.69, 9.17) is 0 Å². The summed E-state index contributed by atoms with van der Waals surface area (Å²) in [4.78, 5) is 9.49. The topological polar surface area (TPSA) is 20.2 Å². The molecule has 0 aliphatic heterocycles. The molecule has 1 aromatic rings. The van der Waals surface area contributed by atoms with Crippen molar-refractivity contribution in [2.24, 2.45) is 0 Å². The van der Waals surface area contributed by atoms with Gasteiger partial charge in [-0.15, -0.1) is 17.0 Å². The minimum Gasteiger partial charge on any atom is -0.432 e. The van der Waals surface area contributed by atoms with Gasteiger partial charge in [-0.3, -0.25) is 0 Å². The van der Waals surface area contributed by atoms with Crippen LogP contribution in [0, 0.1) is 6.07 Å². The Balaban J connectivity index is -0.000000192. The van der Waals surface area contributed by atoms with Crippen LogP contribution in [0.25, 0.3) is 0 Å². The molecule has 1 nitrogen and oxygen atoms in total. The number of hydrogen-bond donors (Lipinski definition) is 1. The van der Waals surface area contributed by atoms with Crippen LogP contribution in [0.3, 0.4) is 0 Å². The van der Waals surface area contributed by atoms with E-state index in [9.17, 15) is 4.80 Å². The molecule has 0 saturated heterocycles. The summed E-state index contributed by atoms with van der Waals surface area (Å²) in [5, 5.41) is 0.132. The smallest absolute Gasteiger partial charge is 0.432 e. The van der Waals surface area contributed by atoms with E-state index in [0.717, 1.165) is 0 Å². The molecular weight excluding hydrogens is 292 g/mol. The molecule has 0 aliphatic rings. The van der Waals surface area contributed by atoms with E-state index in [1.165, 1.54) is 0 Å². The molecule has 4 heteroatoms. The van der Waals surface area contributed by atoms with Crippen LogP contribution in [0.2, 0.25) is 18.1 Å². The molecule has 1 rings (SSSR count). The van der Waals surface area contributed by atoms with Crippen molar-refractivity contribution in [1.29, 1.82) is 0 Å². The number of hydrogen-bond acceptors (Lipinski definition) is 1. The van der Waals surface area contributed by atoms with Crippen LogP contribution < -0.4 is 0 Å². The molecule has 0 fully saturated rings. The molecule has 0 atom stereocenters. The van der Waals surface area contributed by atoms with Crippen LogP contribution in [0.1, 0.15) is 20.8 Å². The fraction of sp³-hybridized carbons (Fsp3) is 0.500. The molecule has 88 valence electrons. The van der Waals surface area contributed by atoms with E-state index in [1.54, 1.807) is 0 Å². The third kappa shape index (κ3) is 11.1. The molecule has 0 unspecified atom stereocenters. The van der Waals surface area contributed by atoms with Crippen LogP contribution >= 0.6 is 17.0 Å². The van der Waals surface area contributed by atoms with Gasteiger partial charge in [0.25, 0.3) is 0 Å². The Hall–Kier alpha value is 0.643. The van der Waals surface area contributed by atoms with Crippen molar-refractivity contribution >= 4 is 48.4 Å². The minimum atomic E-state index is -1.86. The van der Waals surface area contributed by atoms with Gasteiger partial charge >= 0.3 is 23.1 Å². The Morgan fingerprint density at radius 1 is 1.00 bits per heavy atom. The molecule has 0 spiro atoms. The first-order valence-electron chi connectivity index (χ1n) is 4.88. The third-order valence-electron chi connectivity index (χ3n) is 2.44. The Kier molecular flexibility index (Phi) is 13.2. The summed E-state index contributed by atoms with van der Waals surface area (Å²) in [7, 11) is -1.86. The van der Waals surface area contributed by atoms with Crippen LogP contribution in [0.5, 0.6) is 0 Å². The van der Waals surface area contributed by atoms with E-state index >= 15 is 0 Å². The van der Waals surface area contributed by atoms with Gasteiger partial charge in [-0.2, -0.15) is 36.4 Å². The van der Waals surface area contributed by atoms with Crippen molar-refractivity contribution in [2.75, 3.05) is 0 Å². The van der Waals surface area contributed by atoms with E-state index < -0.39 is 8.32 Å². The predicted molar refractivity (Wildman–Crippen MR) is 80.8 cm³/mol. The first kappa shape index (κ1) is 21.9. The molecule has 0 bridgehead atoms. The fourth-order valence-corrected chi connectivity index (χ4v) is 0.342. The van der Waals surface area contributed by atoms with E-state index in [-0.39, 0.29) is 45.1 Å². The van der Waals surface area contributed by atoms with Crippen LogP contribution in [0.15, 0.2) is 30.3 Å². The molecule has 1 N–H and O–H groups in total. The first-order valence-corrected chi connectivity index (χ1v) is 7.83.